The van der Waals surface area contributed by atoms with Gasteiger partial charge in [0.15, 0.2) is 5.78 Å². The molecule has 1 saturated heterocycles. The fourth-order valence-electron chi connectivity index (χ4n) is 2.36. The third kappa shape index (κ3) is 3.37. The lowest BCUT2D eigenvalue weighted by Crippen LogP contribution is -2.28. The maximum Gasteiger partial charge on any atom is 0.163 e. The predicted octanol–water partition coefficient (Wildman–Crippen LogP) is 2.71. The highest BCUT2D eigenvalue weighted by Gasteiger charge is 2.18. The molecule has 1 heterocycles. The quantitative estimate of drug-likeness (QED) is 0.816. The lowest BCUT2D eigenvalue weighted by Gasteiger charge is -2.21. The SMILES string of the molecule is Cc1cc(F)cc(C(=O)CC2CCNCC2)c1. The van der Waals surface area contributed by atoms with Crippen LogP contribution < -0.4 is 5.32 Å². The monoisotopic (exact) mass is 235 g/mol. The number of hydrogen-bond acceptors (Lipinski definition) is 2. The van der Waals surface area contributed by atoms with Crippen LogP contribution in [-0.4, -0.2) is 18.9 Å². The smallest absolute Gasteiger partial charge is 0.163 e. The first-order valence-corrected chi connectivity index (χ1v) is 6.16. The highest BCUT2D eigenvalue weighted by atomic mass is 19.1. The molecule has 92 valence electrons. The summed E-state index contributed by atoms with van der Waals surface area (Å²) in [4.78, 5) is 12.0. The summed E-state index contributed by atoms with van der Waals surface area (Å²) in [6, 6.07) is 4.56. The topological polar surface area (TPSA) is 29.1 Å². The van der Waals surface area contributed by atoms with Gasteiger partial charge in [0.1, 0.15) is 5.82 Å². The van der Waals surface area contributed by atoms with Crippen molar-refractivity contribution in [2.24, 2.45) is 5.92 Å². The Morgan fingerprint density at radius 3 is 2.71 bits per heavy atom. The highest BCUT2D eigenvalue weighted by Crippen LogP contribution is 2.19. The first kappa shape index (κ1) is 12.2. The second-order valence-corrected chi connectivity index (χ2v) is 4.84. The zero-order valence-electron chi connectivity index (χ0n) is 10.1. The number of carbonyl (C=O) groups is 1. The van der Waals surface area contributed by atoms with E-state index in [1.54, 1.807) is 6.07 Å². The standard InChI is InChI=1S/C14H18FNO/c1-10-6-12(9-13(15)7-10)14(17)8-11-2-4-16-5-3-11/h6-7,9,11,16H,2-5,8H2,1H3. The number of hydrogen-bond donors (Lipinski definition) is 1. The number of benzene rings is 1. The summed E-state index contributed by atoms with van der Waals surface area (Å²) in [6.07, 6.45) is 2.63. The number of carbonyl (C=O) groups excluding carboxylic acids is 1. The molecule has 17 heavy (non-hydrogen) atoms. The van der Waals surface area contributed by atoms with Gasteiger partial charge < -0.3 is 5.32 Å². The summed E-state index contributed by atoms with van der Waals surface area (Å²) in [7, 11) is 0. The van der Waals surface area contributed by atoms with Crippen molar-refractivity contribution in [1.82, 2.24) is 5.32 Å². The molecular weight excluding hydrogens is 217 g/mol. The number of aryl methyl sites for hydroxylation is 1. The number of ketones is 1. The van der Waals surface area contributed by atoms with Gasteiger partial charge in [0.2, 0.25) is 0 Å². The second-order valence-electron chi connectivity index (χ2n) is 4.84. The van der Waals surface area contributed by atoms with Crippen LogP contribution in [0.5, 0.6) is 0 Å². The summed E-state index contributed by atoms with van der Waals surface area (Å²) in [6.45, 7) is 3.78. The number of nitrogens with one attached hydrogen (secondary N) is 1. The molecule has 1 aliphatic rings. The van der Waals surface area contributed by atoms with Crippen molar-refractivity contribution in [2.45, 2.75) is 26.2 Å². The molecule has 0 atom stereocenters. The summed E-state index contributed by atoms with van der Waals surface area (Å²) < 4.78 is 13.2. The molecule has 3 heteroatoms. The van der Waals surface area contributed by atoms with Crippen molar-refractivity contribution in [3.63, 3.8) is 0 Å². The van der Waals surface area contributed by atoms with Crippen LogP contribution in [0.1, 0.15) is 35.2 Å². The van der Waals surface area contributed by atoms with E-state index < -0.39 is 0 Å². The molecule has 0 amide bonds. The van der Waals surface area contributed by atoms with E-state index in [0.29, 0.717) is 17.9 Å². The molecule has 1 aliphatic heterocycles. The number of piperidine rings is 1. The van der Waals surface area contributed by atoms with Crippen LogP contribution in [0.4, 0.5) is 4.39 Å². The van der Waals surface area contributed by atoms with Crippen molar-refractivity contribution in [3.05, 3.63) is 35.1 Å². The van der Waals surface area contributed by atoms with Crippen LogP contribution >= 0.6 is 0 Å². The largest absolute Gasteiger partial charge is 0.317 e. The molecule has 2 nitrogen and oxygen atoms in total. The summed E-state index contributed by atoms with van der Waals surface area (Å²) in [5, 5.41) is 3.27. The van der Waals surface area contributed by atoms with E-state index in [1.807, 2.05) is 6.92 Å². The van der Waals surface area contributed by atoms with Crippen LogP contribution in [0.15, 0.2) is 18.2 Å². The number of Topliss-reactive ketones (excluding diaryl/α,β-unsaturated/α-hetero) is 1. The molecule has 1 fully saturated rings. The van der Waals surface area contributed by atoms with E-state index in [0.717, 1.165) is 31.5 Å². The molecule has 0 unspecified atom stereocenters. The fourth-order valence-corrected chi connectivity index (χ4v) is 2.36. The Labute approximate surface area is 101 Å². The van der Waals surface area contributed by atoms with Gasteiger partial charge in [-0.2, -0.15) is 0 Å². The van der Waals surface area contributed by atoms with Crippen LogP contribution in [-0.2, 0) is 0 Å². The Morgan fingerprint density at radius 1 is 1.35 bits per heavy atom. The Morgan fingerprint density at radius 2 is 2.06 bits per heavy atom. The minimum absolute atomic E-state index is 0.0690. The van der Waals surface area contributed by atoms with E-state index in [9.17, 15) is 9.18 Å². The van der Waals surface area contributed by atoms with Crippen molar-refractivity contribution in [3.8, 4) is 0 Å². The van der Waals surface area contributed by atoms with Crippen molar-refractivity contribution < 1.29 is 9.18 Å². The lowest BCUT2D eigenvalue weighted by molar-refractivity contribution is 0.0952. The van der Waals surface area contributed by atoms with Gasteiger partial charge in [0.05, 0.1) is 0 Å². The van der Waals surface area contributed by atoms with E-state index in [-0.39, 0.29) is 11.6 Å². The molecular formula is C14H18FNO. The average molecular weight is 235 g/mol. The predicted molar refractivity (Wildman–Crippen MR) is 65.7 cm³/mol. The molecule has 0 spiro atoms. The molecule has 1 aromatic rings. The van der Waals surface area contributed by atoms with Crippen LogP contribution in [0.2, 0.25) is 0 Å². The zero-order valence-corrected chi connectivity index (χ0v) is 10.1. The Hall–Kier alpha value is -1.22. The molecule has 0 saturated carbocycles. The van der Waals surface area contributed by atoms with Crippen molar-refractivity contribution in [2.75, 3.05) is 13.1 Å². The number of halogens is 1. The Kier molecular flexibility index (Phi) is 3.89. The molecule has 0 aromatic heterocycles. The van der Waals surface area contributed by atoms with Gasteiger partial charge >= 0.3 is 0 Å². The Bertz CT molecular complexity index is 390. The highest BCUT2D eigenvalue weighted by molar-refractivity contribution is 5.96. The average Bonchev–Trinajstić information content (AvgIpc) is 2.29. The lowest BCUT2D eigenvalue weighted by atomic mass is 9.90. The minimum Gasteiger partial charge on any atom is -0.317 e. The summed E-state index contributed by atoms with van der Waals surface area (Å²) in [5.74, 6) is 0.200. The molecule has 0 aliphatic carbocycles. The summed E-state index contributed by atoms with van der Waals surface area (Å²) >= 11 is 0. The zero-order chi connectivity index (χ0) is 12.3. The van der Waals surface area contributed by atoms with E-state index in [4.69, 9.17) is 0 Å². The molecule has 1 aromatic carbocycles. The first-order chi connectivity index (χ1) is 8.15. The van der Waals surface area contributed by atoms with E-state index >= 15 is 0 Å². The van der Waals surface area contributed by atoms with Gasteiger partial charge in [0, 0.05) is 12.0 Å². The molecule has 2 rings (SSSR count). The van der Waals surface area contributed by atoms with Gasteiger partial charge in [-0.3, -0.25) is 4.79 Å². The van der Waals surface area contributed by atoms with Crippen molar-refractivity contribution >= 4 is 5.78 Å². The maximum absolute atomic E-state index is 13.2. The van der Waals surface area contributed by atoms with Crippen LogP contribution in [0.3, 0.4) is 0 Å². The molecule has 1 N–H and O–H groups in total. The van der Waals surface area contributed by atoms with Gasteiger partial charge in [-0.1, -0.05) is 0 Å². The van der Waals surface area contributed by atoms with Crippen LogP contribution in [0.25, 0.3) is 0 Å². The fraction of sp³-hybridized carbons (Fsp3) is 0.500. The van der Waals surface area contributed by atoms with Crippen LogP contribution in [0, 0.1) is 18.7 Å². The normalized spacial score (nSPS) is 17.1. The molecule has 0 bridgehead atoms. The summed E-state index contributed by atoms with van der Waals surface area (Å²) in [5.41, 5.74) is 1.32. The minimum atomic E-state index is -0.321. The van der Waals surface area contributed by atoms with Gasteiger partial charge in [-0.25, -0.2) is 4.39 Å². The third-order valence-electron chi connectivity index (χ3n) is 3.30. The molecule has 0 radical (unpaired) electrons. The van der Waals surface area contributed by atoms with E-state index in [1.165, 1.54) is 12.1 Å². The maximum atomic E-state index is 13.2. The number of rotatable bonds is 3. The van der Waals surface area contributed by atoms with Gasteiger partial charge in [-0.05, 0) is 62.5 Å². The van der Waals surface area contributed by atoms with Gasteiger partial charge in [-0.15, -0.1) is 0 Å². The van der Waals surface area contributed by atoms with E-state index in [2.05, 4.69) is 5.32 Å². The van der Waals surface area contributed by atoms with Gasteiger partial charge in [0.25, 0.3) is 0 Å². The third-order valence-corrected chi connectivity index (χ3v) is 3.30. The van der Waals surface area contributed by atoms with Crippen molar-refractivity contribution in [1.29, 1.82) is 0 Å². The first-order valence-electron chi connectivity index (χ1n) is 6.16. The second kappa shape index (κ2) is 5.41. The Balaban J connectivity index is 2.03.